The summed E-state index contributed by atoms with van der Waals surface area (Å²) < 4.78 is 20.1. The molecule has 2 unspecified atom stereocenters. The van der Waals surface area contributed by atoms with Crippen LogP contribution in [0.4, 0.5) is 0 Å². The number of hydrogen-bond acceptors (Lipinski definition) is 6. The fourth-order valence-corrected chi connectivity index (χ4v) is 21.9. The second-order valence-corrected chi connectivity index (χ2v) is 29.9. The van der Waals surface area contributed by atoms with Crippen LogP contribution < -0.4 is 11.1 Å². The summed E-state index contributed by atoms with van der Waals surface area (Å²) in [5.41, 5.74) is 0.575. The molecule has 0 spiro atoms. The summed E-state index contributed by atoms with van der Waals surface area (Å²) in [7, 11) is 0. The molecular weight excluding hydrogens is 851 g/mol. The van der Waals surface area contributed by atoms with Crippen molar-refractivity contribution >= 4 is 46.2 Å². The summed E-state index contributed by atoms with van der Waals surface area (Å²) in [5.74, 6) is -0.116. The van der Waals surface area contributed by atoms with Gasteiger partial charge in [0.15, 0.2) is 0 Å². The zero-order valence-electron chi connectivity index (χ0n) is 35.2. The largest absolute Gasteiger partial charge is 0.464 e. The van der Waals surface area contributed by atoms with E-state index in [1.165, 1.54) is 64.2 Å². The number of nitrogens with zero attached hydrogens (tertiary/aromatic N) is 2. The molecule has 0 bridgehead atoms. The van der Waals surface area contributed by atoms with E-state index in [9.17, 15) is 19.2 Å². The Morgan fingerprint density at radius 2 is 1.13 bits per heavy atom. The summed E-state index contributed by atoms with van der Waals surface area (Å²) in [6, 6.07) is 5.23. The molecule has 8 nitrogen and oxygen atoms in total. The average Bonchev–Trinajstić information content (AvgIpc) is 3.13. The van der Waals surface area contributed by atoms with Crippen LogP contribution in [0.25, 0.3) is 0 Å². The summed E-state index contributed by atoms with van der Waals surface area (Å²) in [5, 5.41) is 0. The Bertz CT molecular complexity index is 1460. The molecule has 0 fully saturated rings. The van der Waals surface area contributed by atoms with E-state index in [0.717, 1.165) is 10.0 Å². The number of ether oxygens (including phenoxy) is 2. The Hall–Kier alpha value is -2.40. The van der Waals surface area contributed by atoms with Crippen LogP contribution in [0.1, 0.15) is 131 Å². The topological polar surface area (TPSA) is 96.6 Å². The molecule has 2 aromatic rings. The first-order valence-corrected chi connectivity index (χ1v) is 29.2. The third-order valence-electron chi connectivity index (χ3n) is 9.22. The SMILES string of the molecule is C=CCc1ccc(=O)n(C(CC(C)C)C(=O)OCC)c1.C=C[CH2][Sn]([CH2]CCC)([CH2]CCC)[CH2]CCC.CCOC(=O)C(CC(C)C)n1cc(Br)ccc1=O. The standard InChI is InChI=1S/C16H23NO3.C13H18BrNO3.3C4H9.C3H5.Sn/c1-5-7-13-8-9-15(18)17(11-13)14(10-12(3)4)16(19)20-6-2;1-4-18-13(17)11(7-9(2)3)15-8-10(14)5-6-12(15)16;3*1-3-4-2;1-3-2;/h5,8-9,11-12,14H,1,6-7,10H2,2-4H3;5-6,8-9,11H,4,7H2,1-3H3;3*1,3-4H2,2H3;3H,1-2H2;. The van der Waals surface area contributed by atoms with Gasteiger partial charge in [-0.15, -0.1) is 6.58 Å². The number of aromatic nitrogens is 2. The van der Waals surface area contributed by atoms with E-state index in [1.54, 1.807) is 57.8 Å². The number of esters is 2. The van der Waals surface area contributed by atoms with Gasteiger partial charge >= 0.3 is 120 Å². The minimum absolute atomic E-state index is 0.184. The molecular formula is C44H73BrN2O6Sn. The number of halogens is 1. The van der Waals surface area contributed by atoms with Crippen molar-refractivity contribution in [2.24, 2.45) is 11.8 Å². The fourth-order valence-electron chi connectivity index (χ4n) is 6.46. The molecule has 0 N–H and O–H groups in total. The molecule has 0 saturated carbocycles. The Labute approximate surface area is 340 Å². The zero-order chi connectivity index (χ0) is 41.1. The van der Waals surface area contributed by atoms with Gasteiger partial charge in [-0.2, -0.15) is 0 Å². The van der Waals surface area contributed by atoms with Gasteiger partial charge in [0.1, 0.15) is 12.1 Å². The van der Waals surface area contributed by atoms with Gasteiger partial charge in [-0.05, 0) is 72.5 Å². The second-order valence-electron chi connectivity index (χ2n) is 15.0. The molecule has 306 valence electrons. The molecule has 2 rings (SSSR count). The first-order valence-electron chi connectivity index (χ1n) is 20.3. The molecule has 0 amide bonds. The van der Waals surface area contributed by atoms with Gasteiger partial charge in [0.05, 0.1) is 13.2 Å². The number of allylic oxidation sites excluding steroid dienone is 2. The molecule has 2 heterocycles. The predicted molar refractivity (Wildman–Crippen MR) is 233 cm³/mol. The normalized spacial score (nSPS) is 12.1. The van der Waals surface area contributed by atoms with Crippen LogP contribution in [0.15, 0.2) is 76.0 Å². The van der Waals surface area contributed by atoms with Gasteiger partial charge in [-0.25, -0.2) is 9.59 Å². The van der Waals surface area contributed by atoms with Crippen LogP contribution in [-0.2, 0) is 25.5 Å². The van der Waals surface area contributed by atoms with Crippen molar-refractivity contribution < 1.29 is 19.1 Å². The number of carbonyl (C=O) groups excluding carboxylic acids is 2. The number of hydrogen-bond donors (Lipinski definition) is 0. The Morgan fingerprint density at radius 1 is 0.704 bits per heavy atom. The van der Waals surface area contributed by atoms with E-state index in [4.69, 9.17) is 9.47 Å². The smallest absolute Gasteiger partial charge is 0.329 e. The Kier molecular flexibility index (Phi) is 28.5. The van der Waals surface area contributed by atoms with Crippen LogP contribution in [-0.4, -0.2) is 52.7 Å². The van der Waals surface area contributed by atoms with E-state index in [-0.39, 0.29) is 23.1 Å². The van der Waals surface area contributed by atoms with Crippen LogP contribution in [0.2, 0.25) is 17.7 Å². The van der Waals surface area contributed by atoms with Gasteiger partial charge in [-0.1, -0.05) is 39.8 Å². The average molecular weight is 925 g/mol. The molecule has 10 heteroatoms. The third kappa shape index (κ3) is 20.5. The van der Waals surface area contributed by atoms with Gasteiger partial charge in [0.2, 0.25) is 0 Å². The minimum Gasteiger partial charge on any atom is -0.464 e. The maximum Gasteiger partial charge on any atom is 0.329 e. The maximum atomic E-state index is 12.1. The van der Waals surface area contributed by atoms with E-state index >= 15 is 0 Å². The first kappa shape index (κ1) is 51.6. The summed E-state index contributed by atoms with van der Waals surface area (Å²) in [6.07, 6.45) is 17.8. The molecule has 0 aliphatic rings. The van der Waals surface area contributed by atoms with E-state index < -0.39 is 30.5 Å². The first-order chi connectivity index (χ1) is 25.7. The maximum absolute atomic E-state index is 12.1. The summed E-state index contributed by atoms with van der Waals surface area (Å²) in [4.78, 5) is 47.9. The van der Waals surface area contributed by atoms with Crippen LogP contribution >= 0.6 is 15.9 Å². The van der Waals surface area contributed by atoms with Gasteiger partial charge < -0.3 is 18.6 Å². The van der Waals surface area contributed by atoms with E-state index in [2.05, 4.69) is 55.9 Å². The van der Waals surface area contributed by atoms with Crippen molar-refractivity contribution in [3.8, 4) is 0 Å². The summed E-state index contributed by atoms with van der Waals surface area (Å²) >= 11 is 1.53. The molecule has 0 aromatic carbocycles. The monoisotopic (exact) mass is 924 g/mol. The van der Waals surface area contributed by atoms with Crippen LogP contribution in [0, 0.1) is 11.8 Å². The fraction of sp³-hybridized carbons (Fsp3) is 0.636. The van der Waals surface area contributed by atoms with E-state index in [1.807, 2.05) is 27.7 Å². The van der Waals surface area contributed by atoms with Crippen LogP contribution in [0.3, 0.4) is 0 Å². The molecule has 2 aromatic heterocycles. The van der Waals surface area contributed by atoms with Crippen molar-refractivity contribution in [2.75, 3.05) is 13.2 Å². The number of unbranched alkanes of at least 4 members (excludes halogenated alkanes) is 3. The van der Waals surface area contributed by atoms with Crippen molar-refractivity contribution in [3.63, 3.8) is 0 Å². The van der Waals surface area contributed by atoms with Crippen molar-refractivity contribution in [1.82, 2.24) is 9.13 Å². The van der Waals surface area contributed by atoms with Gasteiger partial charge in [0.25, 0.3) is 11.1 Å². The minimum atomic E-state index is -1.78. The predicted octanol–water partition coefficient (Wildman–Crippen LogP) is 11.5. The van der Waals surface area contributed by atoms with E-state index in [0.29, 0.717) is 44.3 Å². The van der Waals surface area contributed by atoms with Gasteiger partial charge in [0, 0.05) is 29.0 Å². The molecule has 0 saturated heterocycles. The molecule has 2 atom stereocenters. The quantitative estimate of drug-likeness (QED) is 0.0626. The zero-order valence-corrected chi connectivity index (χ0v) is 39.6. The number of rotatable bonds is 23. The van der Waals surface area contributed by atoms with Crippen molar-refractivity contribution in [3.05, 3.63) is 92.7 Å². The van der Waals surface area contributed by atoms with Crippen molar-refractivity contribution in [1.29, 1.82) is 0 Å². The third-order valence-corrected chi connectivity index (χ3v) is 25.1. The summed E-state index contributed by atoms with van der Waals surface area (Å²) in [6.45, 7) is 26.9. The molecule has 0 radical (unpaired) electrons. The Balaban J connectivity index is 0.000000786. The molecule has 0 aliphatic heterocycles. The number of pyridine rings is 2. The number of carbonyl (C=O) groups is 2. The molecule has 54 heavy (non-hydrogen) atoms. The molecule has 0 aliphatic carbocycles. The second kappa shape index (κ2) is 29.8. The van der Waals surface area contributed by atoms with Crippen molar-refractivity contribution in [2.45, 2.75) is 150 Å². The van der Waals surface area contributed by atoms with Gasteiger partial charge in [-0.3, -0.25) is 9.59 Å². The van der Waals surface area contributed by atoms with Crippen LogP contribution in [0.5, 0.6) is 0 Å². The Morgan fingerprint density at radius 3 is 1.50 bits per heavy atom.